The minimum absolute atomic E-state index is 0.0683. The summed E-state index contributed by atoms with van der Waals surface area (Å²) >= 11 is 0. The first-order valence-corrected chi connectivity index (χ1v) is 10.00. The van der Waals surface area contributed by atoms with Crippen LogP contribution in [0.1, 0.15) is 39.2 Å². The molecule has 0 spiro atoms. The van der Waals surface area contributed by atoms with Crippen LogP contribution < -0.4 is 15.2 Å². The highest BCUT2D eigenvalue weighted by Crippen LogP contribution is 2.29. The van der Waals surface area contributed by atoms with Gasteiger partial charge in [-0.3, -0.25) is 4.72 Å². The summed E-state index contributed by atoms with van der Waals surface area (Å²) in [5.41, 5.74) is 6.03. The van der Waals surface area contributed by atoms with E-state index in [2.05, 4.69) is 9.12 Å². The van der Waals surface area contributed by atoms with E-state index in [1.54, 1.807) is 23.1 Å². The van der Waals surface area contributed by atoms with Gasteiger partial charge in [0, 0.05) is 13.1 Å². The van der Waals surface area contributed by atoms with Gasteiger partial charge in [-0.2, -0.15) is 8.42 Å². The smallest absolute Gasteiger partial charge is 0.410 e. The summed E-state index contributed by atoms with van der Waals surface area (Å²) in [7, 11) is -2.23. The van der Waals surface area contributed by atoms with Crippen molar-refractivity contribution in [2.75, 3.05) is 24.9 Å². The van der Waals surface area contributed by atoms with Crippen molar-refractivity contribution in [1.82, 2.24) is 4.90 Å². The van der Waals surface area contributed by atoms with Gasteiger partial charge in [0.05, 0.1) is 18.4 Å². The molecule has 1 aromatic carbocycles. The maximum Gasteiger partial charge on any atom is 0.410 e. The Morgan fingerprint density at radius 3 is 2.44 bits per heavy atom. The van der Waals surface area contributed by atoms with Crippen LogP contribution >= 0.6 is 0 Å². The molecule has 0 unspecified atom stereocenters. The van der Waals surface area contributed by atoms with E-state index in [9.17, 15) is 13.2 Å². The molecule has 10 heteroatoms. The Morgan fingerprint density at radius 1 is 1.26 bits per heavy atom. The van der Waals surface area contributed by atoms with Crippen LogP contribution in [0.25, 0.3) is 0 Å². The van der Waals surface area contributed by atoms with Crippen molar-refractivity contribution >= 4 is 27.8 Å². The molecule has 0 saturated carbocycles. The lowest BCUT2D eigenvalue weighted by atomic mass is 10.1. The maximum absolute atomic E-state index is 11.4. The average Bonchev–Trinajstić information content (AvgIpc) is 3.06. The number of rotatable bonds is 1. The molecule has 1 saturated heterocycles. The zero-order valence-electron chi connectivity index (χ0n) is 16.0. The van der Waals surface area contributed by atoms with Gasteiger partial charge in [-0.05, 0) is 45.7 Å². The van der Waals surface area contributed by atoms with Crippen LogP contribution in [0.2, 0.25) is 0 Å². The number of nitrogens with one attached hydrogen (secondary N) is 1. The van der Waals surface area contributed by atoms with E-state index in [0.717, 1.165) is 25.9 Å². The van der Waals surface area contributed by atoms with Gasteiger partial charge in [-0.15, -0.1) is 4.40 Å². The second-order valence-electron chi connectivity index (χ2n) is 7.11. The minimum atomic E-state index is -3.71. The van der Waals surface area contributed by atoms with Crippen LogP contribution in [0, 0.1) is 0 Å². The predicted molar refractivity (Wildman–Crippen MR) is 103 cm³/mol. The fourth-order valence-corrected chi connectivity index (χ4v) is 3.46. The van der Waals surface area contributed by atoms with E-state index in [4.69, 9.17) is 15.2 Å². The van der Waals surface area contributed by atoms with Crippen LogP contribution in [0.15, 0.2) is 22.6 Å². The minimum Gasteiger partial charge on any atom is -0.496 e. The number of hydrogen-bond donors (Lipinski definition) is 2. The van der Waals surface area contributed by atoms with Crippen LogP contribution in [0.5, 0.6) is 5.75 Å². The van der Waals surface area contributed by atoms with Crippen LogP contribution in [0.4, 0.5) is 10.5 Å². The highest BCUT2D eigenvalue weighted by molar-refractivity contribution is 7.91. The lowest BCUT2D eigenvalue weighted by Gasteiger charge is -2.23. The summed E-state index contributed by atoms with van der Waals surface area (Å²) < 4.78 is 38.3. The normalized spacial score (nSPS) is 17.6. The Morgan fingerprint density at radius 2 is 1.89 bits per heavy atom. The molecule has 9 nitrogen and oxygen atoms in total. The lowest BCUT2D eigenvalue weighted by molar-refractivity contribution is 0.0295. The zero-order valence-corrected chi connectivity index (χ0v) is 16.8. The van der Waals surface area contributed by atoms with Gasteiger partial charge in [0.1, 0.15) is 11.4 Å². The number of likely N-dealkylation sites (tertiary alicyclic amines) is 1. The van der Waals surface area contributed by atoms with Crippen LogP contribution in [0.3, 0.4) is 0 Å². The second kappa shape index (κ2) is 8.03. The predicted octanol–water partition coefficient (Wildman–Crippen LogP) is 2.09. The zero-order chi connectivity index (χ0) is 20.2. The standard InChI is InChI=1S/C9H17NO2.C8H9N3O3S/c1-9(2,3)12-8(11)10-6-4-5-7-10;1-14-6-4-2-3-5-7(6)8(9)11-15(12,13)10-5/h4-7H2,1-3H3;2-4,10H,1H3,(H2,9,11). The third-order valence-electron chi connectivity index (χ3n) is 3.72. The summed E-state index contributed by atoms with van der Waals surface area (Å²) in [6, 6.07) is 4.94. The van der Waals surface area contributed by atoms with Crippen molar-refractivity contribution < 1.29 is 22.7 Å². The first kappa shape index (κ1) is 20.8. The van der Waals surface area contributed by atoms with Gasteiger partial charge < -0.3 is 20.1 Å². The quantitative estimate of drug-likeness (QED) is 0.746. The van der Waals surface area contributed by atoms with E-state index in [-0.39, 0.29) is 17.5 Å². The summed E-state index contributed by atoms with van der Waals surface area (Å²) in [6.45, 7) is 7.38. The fourth-order valence-electron chi connectivity index (χ4n) is 2.61. The Labute approximate surface area is 159 Å². The van der Waals surface area contributed by atoms with Gasteiger partial charge in [0.2, 0.25) is 0 Å². The second-order valence-corrected chi connectivity index (χ2v) is 8.45. The van der Waals surface area contributed by atoms with Crippen molar-refractivity contribution in [3.05, 3.63) is 23.8 Å². The molecular weight excluding hydrogens is 372 g/mol. The molecule has 3 N–H and O–H groups in total. The first-order chi connectivity index (χ1) is 12.5. The lowest BCUT2D eigenvalue weighted by Crippen LogP contribution is -2.34. The van der Waals surface area contributed by atoms with Gasteiger partial charge in [0.15, 0.2) is 5.84 Å². The number of carbonyl (C=O) groups excluding carboxylic acids is 1. The van der Waals surface area contributed by atoms with Crippen molar-refractivity contribution in [3.63, 3.8) is 0 Å². The number of ether oxygens (including phenoxy) is 2. The number of fused-ring (bicyclic) bond motifs is 1. The molecule has 0 bridgehead atoms. The van der Waals surface area contributed by atoms with E-state index in [0.29, 0.717) is 17.0 Å². The van der Waals surface area contributed by atoms with Gasteiger partial charge in [-0.1, -0.05) is 6.07 Å². The molecule has 1 fully saturated rings. The Balaban J connectivity index is 0.000000199. The average molecular weight is 398 g/mol. The maximum atomic E-state index is 11.4. The summed E-state index contributed by atoms with van der Waals surface area (Å²) in [6.07, 6.45) is 2.05. The number of methoxy groups -OCH3 is 1. The molecule has 1 aromatic rings. The summed E-state index contributed by atoms with van der Waals surface area (Å²) in [4.78, 5) is 13.1. The number of amides is 1. The Kier molecular flexibility index (Phi) is 6.19. The van der Waals surface area contributed by atoms with Gasteiger partial charge in [-0.25, -0.2) is 4.79 Å². The SMILES string of the molecule is CC(C)(C)OC(=O)N1CCCC1.COc1cccc2c1C(N)=NS(=O)(=O)N2. The molecule has 2 aliphatic heterocycles. The van der Waals surface area contributed by atoms with E-state index in [1.165, 1.54) is 7.11 Å². The highest BCUT2D eigenvalue weighted by Gasteiger charge is 2.24. The van der Waals surface area contributed by atoms with Crippen LogP contribution in [-0.4, -0.2) is 51.0 Å². The molecule has 2 heterocycles. The third kappa shape index (κ3) is 5.75. The molecule has 0 radical (unpaired) electrons. The molecule has 27 heavy (non-hydrogen) atoms. The number of hydrogen-bond acceptors (Lipinski definition) is 6. The summed E-state index contributed by atoms with van der Waals surface area (Å²) in [5, 5.41) is 0. The summed E-state index contributed by atoms with van der Waals surface area (Å²) in [5.74, 6) is 0.414. The number of carbonyl (C=O) groups is 1. The van der Waals surface area contributed by atoms with Crippen molar-refractivity contribution in [2.24, 2.45) is 10.1 Å². The molecular formula is C17H26N4O5S. The topological polar surface area (TPSA) is 123 Å². The number of benzene rings is 1. The number of amidine groups is 1. The van der Waals surface area contributed by atoms with Gasteiger partial charge in [0.25, 0.3) is 0 Å². The Hall–Kier alpha value is -2.49. The first-order valence-electron chi connectivity index (χ1n) is 8.56. The van der Waals surface area contributed by atoms with Gasteiger partial charge >= 0.3 is 16.3 Å². The highest BCUT2D eigenvalue weighted by atomic mass is 32.2. The molecule has 0 aliphatic carbocycles. The molecule has 3 rings (SSSR count). The molecule has 2 aliphatic rings. The molecule has 0 aromatic heterocycles. The monoisotopic (exact) mass is 398 g/mol. The van der Waals surface area contributed by atoms with E-state index < -0.39 is 10.2 Å². The van der Waals surface area contributed by atoms with E-state index in [1.807, 2.05) is 20.8 Å². The van der Waals surface area contributed by atoms with Crippen molar-refractivity contribution in [3.8, 4) is 5.75 Å². The number of nitrogens with two attached hydrogens (primary N) is 1. The molecule has 0 atom stereocenters. The fraction of sp³-hybridized carbons (Fsp3) is 0.529. The molecule has 150 valence electrons. The number of nitrogens with zero attached hydrogens (tertiary/aromatic N) is 2. The van der Waals surface area contributed by atoms with Crippen LogP contribution in [-0.2, 0) is 14.9 Å². The van der Waals surface area contributed by atoms with Crippen molar-refractivity contribution in [2.45, 2.75) is 39.2 Å². The third-order valence-corrected chi connectivity index (χ3v) is 4.63. The van der Waals surface area contributed by atoms with E-state index >= 15 is 0 Å². The number of anilines is 1. The Bertz CT molecular complexity index is 824. The van der Waals surface area contributed by atoms with Crippen molar-refractivity contribution in [1.29, 1.82) is 0 Å². The largest absolute Gasteiger partial charge is 0.496 e. The molecule has 1 amide bonds.